The summed E-state index contributed by atoms with van der Waals surface area (Å²) in [6.07, 6.45) is 5.98. The van der Waals surface area contributed by atoms with Crippen molar-refractivity contribution in [2.45, 2.75) is 38.7 Å². The van der Waals surface area contributed by atoms with Crippen LogP contribution in [0.15, 0.2) is 24.7 Å². The van der Waals surface area contributed by atoms with Gasteiger partial charge in [0.15, 0.2) is 17.5 Å². The number of fused-ring (bicyclic) bond motifs is 1. The van der Waals surface area contributed by atoms with Gasteiger partial charge in [0.1, 0.15) is 12.1 Å². The number of carbonyl (C=O) groups is 1. The summed E-state index contributed by atoms with van der Waals surface area (Å²) < 4.78 is 14.9. The van der Waals surface area contributed by atoms with Crippen LogP contribution >= 0.6 is 0 Å². The number of aliphatic hydroxyl groups excluding tert-OH is 1. The second-order valence-corrected chi connectivity index (χ2v) is 8.43. The lowest BCUT2D eigenvalue weighted by atomic mass is 9.87. The van der Waals surface area contributed by atoms with E-state index in [1.165, 1.54) is 12.4 Å². The van der Waals surface area contributed by atoms with Crippen molar-refractivity contribution >= 4 is 17.5 Å². The number of hydrogen-bond acceptors (Lipinski definition) is 7. The Morgan fingerprint density at radius 3 is 2.75 bits per heavy atom. The Hall–Kier alpha value is -3.40. The molecule has 166 valence electrons. The van der Waals surface area contributed by atoms with E-state index >= 15 is 0 Å². The fourth-order valence-corrected chi connectivity index (χ4v) is 4.44. The topological polar surface area (TPSA) is 120 Å². The molecule has 3 heterocycles. The fourth-order valence-electron chi connectivity index (χ4n) is 4.44. The van der Waals surface area contributed by atoms with Gasteiger partial charge in [-0.2, -0.15) is 5.10 Å². The van der Waals surface area contributed by atoms with Gasteiger partial charge in [0, 0.05) is 12.1 Å². The summed E-state index contributed by atoms with van der Waals surface area (Å²) in [6, 6.07) is 3.09. The lowest BCUT2D eigenvalue weighted by molar-refractivity contribution is -0.117. The van der Waals surface area contributed by atoms with Gasteiger partial charge in [-0.3, -0.25) is 14.8 Å². The van der Waals surface area contributed by atoms with Crippen molar-refractivity contribution in [3.8, 4) is 22.6 Å². The van der Waals surface area contributed by atoms with Gasteiger partial charge >= 0.3 is 0 Å². The Labute approximate surface area is 184 Å². The van der Waals surface area contributed by atoms with E-state index in [4.69, 9.17) is 4.98 Å². The lowest BCUT2D eigenvalue weighted by Crippen LogP contribution is -2.44. The molecule has 0 unspecified atom stereocenters. The molecule has 5 rings (SSSR count). The molecule has 10 heteroatoms. The molecule has 1 saturated carbocycles. The number of amides is 1. The molecule has 2 aliphatic rings. The third kappa shape index (κ3) is 3.81. The Kier molecular flexibility index (Phi) is 5.30. The smallest absolute Gasteiger partial charge is 0.247 e. The van der Waals surface area contributed by atoms with Crippen LogP contribution < -0.4 is 10.2 Å². The minimum Gasteiger partial charge on any atom is -0.393 e. The van der Waals surface area contributed by atoms with Crippen molar-refractivity contribution in [3.05, 3.63) is 36.0 Å². The van der Waals surface area contributed by atoms with Gasteiger partial charge in [0.2, 0.25) is 5.91 Å². The Morgan fingerprint density at radius 2 is 2.00 bits per heavy atom. The van der Waals surface area contributed by atoms with Crippen LogP contribution in [0.4, 0.5) is 16.0 Å². The van der Waals surface area contributed by atoms with Crippen molar-refractivity contribution in [2.75, 3.05) is 23.3 Å². The molecule has 1 aliphatic heterocycles. The number of halogens is 1. The summed E-state index contributed by atoms with van der Waals surface area (Å²) in [5.74, 6) is 1.06. The predicted octanol–water partition coefficient (Wildman–Crippen LogP) is 2.69. The largest absolute Gasteiger partial charge is 0.393 e. The minimum absolute atomic E-state index is 0.0714. The Morgan fingerprint density at radius 1 is 1.19 bits per heavy atom. The van der Waals surface area contributed by atoms with E-state index in [0.29, 0.717) is 40.9 Å². The van der Waals surface area contributed by atoms with E-state index in [0.717, 1.165) is 31.2 Å². The predicted molar refractivity (Wildman–Crippen MR) is 116 cm³/mol. The van der Waals surface area contributed by atoms with Gasteiger partial charge in [-0.1, -0.05) is 0 Å². The van der Waals surface area contributed by atoms with Gasteiger partial charge in [-0.15, -0.1) is 0 Å². The van der Waals surface area contributed by atoms with Crippen molar-refractivity contribution in [1.82, 2.24) is 25.1 Å². The second kappa shape index (κ2) is 8.27. The monoisotopic (exact) mass is 437 g/mol. The number of benzene rings is 1. The molecule has 1 aliphatic carbocycles. The zero-order valence-corrected chi connectivity index (χ0v) is 17.7. The van der Waals surface area contributed by atoms with Crippen LogP contribution in [0.2, 0.25) is 0 Å². The SMILES string of the molecule is Cc1cc(-c2nc[nH]n2)c(F)cc1-c1cnc2c(n1)N(C[C@H]1CC[C@H](O)CC1)C(=O)CN2. The molecule has 0 bridgehead atoms. The lowest BCUT2D eigenvalue weighted by Gasteiger charge is -2.33. The molecule has 3 N–H and O–H groups in total. The summed E-state index contributed by atoms with van der Waals surface area (Å²) in [4.78, 5) is 27.6. The van der Waals surface area contributed by atoms with Gasteiger partial charge in [-0.05, 0) is 56.2 Å². The number of H-pyrrole nitrogens is 1. The number of hydrogen-bond donors (Lipinski definition) is 3. The zero-order valence-electron chi connectivity index (χ0n) is 17.7. The second-order valence-electron chi connectivity index (χ2n) is 8.43. The molecular formula is C22H24FN7O2. The first-order chi connectivity index (χ1) is 15.5. The van der Waals surface area contributed by atoms with Crippen molar-refractivity contribution in [3.63, 3.8) is 0 Å². The molecule has 1 aromatic carbocycles. The van der Waals surface area contributed by atoms with E-state index < -0.39 is 5.82 Å². The highest BCUT2D eigenvalue weighted by Gasteiger charge is 2.31. The highest BCUT2D eigenvalue weighted by Crippen LogP contribution is 2.34. The number of nitrogens with one attached hydrogen (secondary N) is 2. The highest BCUT2D eigenvalue weighted by molar-refractivity contribution is 6.01. The van der Waals surface area contributed by atoms with E-state index in [2.05, 4.69) is 25.5 Å². The molecule has 32 heavy (non-hydrogen) atoms. The van der Waals surface area contributed by atoms with E-state index in [1.54, 1.807) is 17.2 Å². The molecule has 9 nitrogen and oxygen atoms in total. The summed E-state index contributed by atoms with van der Waals surface area (Å²) in [7, 11) is 0. The summed E-state index contributed by atoms with van der Waals surface area (Å²) in [6.45, 7) is 2.56. The van der Waals surface area contributed by atoms with Crippen molar-refractivity contribution < 1.29 is 14.3 Å². The fraction of sp³-hybridized carbons (Fsp3) is 0.409. The summed E-state index contributed by atoms with van der Waals surface area (Å²) in [5.41, 5.74) is 2.18. The first-order valence-electron chi connectivity index (χ1n) is 10.8. The summed E-state index contributed by atoms with van der Waals surface area (Å²) >= 11 is 0. The quantitative estimate of drug-likeness (QED) is 0.574. The van der Waals surface area contributed by atoms with Gasteiger partial charge in [0.05, 0.1) is 30.1 Å². The van der Waals surface area contributed by atoms with Gasteiger partial charge in [0.25, 0.3) is 0 Å². The number of aromatic nitrogens is 5. The molecule has 2 aromatic heterocycles. The maximum absolute atomic E-state index is 14.9. The molecule has 0 saturated heterocycles. The average molecular weight is 437 g/mol. The highest BCUT2D eigenvalue weighted by atomic mass is 19.1. The van der Waals surface area contributed by atoms with E-state index in [-0.39, 0.29) is 24.4 Å². The molecule has 1 fully saturated rings. The average Bonchev–Trinajstić information content (AvgIpc) is 3.33. The van der Waals surface area contributed by atoms with Crippen LogP contribution in [0.25, 0.3) is 22.6 Å². The number of carbonyl (C=O) groups excluding carboxylic acids is 1. The van der Waals surface area contributed by atoms with Gasteiger partial charge in [-0.25, -0.2) is 19.3 Å². The van der Waals surface area contributed by atoms with Crippen LogP contribution in [0.1, 0.15) is 31.2 Å². The first-order valence-corrected chi connectivity index (χ1v) is 10.8. The summed E-state index contributed by atoms with van der Waals surface area (Å²) in [5, 5.41) is 19.3. The third-order valence-electron chi connectivity index (χ3n) is 6.22. The maximum atomic E-state index is 14.9. The number of nitrogens with zero attached hydrogens (tertiary/aromatic N) is 5. The molecule has 1 amide bonds. The van der Waals surface area contributed by atoms with Crippen molar-refractivity contribution in [1.29, 1.82) is 0 Å². The number of anilines is 2. The normalized spacial score (nSPS) is 20.7. The maximum Gasteiger partial charge on any atom is 0.247 e. The molecule has 0 atom stereocenters. The van der Waals surface area contributed by atoms with Crippen LogP contribution in [-0.4, -0.2) is 55.4 Å². The van der Waals surface area contributed by atoms with Gasteiger partial charge < -0.3 is 10.4 Å². The van der Waals surface area contributed by atoms with E-state index in [9.17, 15) is 14.3 Å². The van der Waals surface area contributed by atoms with Crippen LogP contribution in [-0.2, 0) is 4.79 Å². The molecule has 0 radical (unpaired) electrons. The zero-order chi connectivity index (χ0) is 22.2. The molecule has 0 spiro atoms. The van der Waals surface area contributed by atoms with Crippen molar-refractivity contribution in [2.24, 2.45) is 5.92 Å². The van der Waals surface area contributed by atoms with Crippen LogP contribution in [0.3, 0.4) is 0 Å². The Bertz CT molecular complexity index is 1140. The Balaban J connectivity index is 1.48. The minimum atomic E-state index is -0.462. The van der Waals surface area contributed by atoms with E-state index in [1.807, 2.05) is 6.92 Å². The number of aliphatic hydroxyl groups is 1. The molecular weight excluding hydrogens is 413 g/mol. The standard InChI is InChI=1S/C22H24FN7O2/c1-12-6-16(20-26-11-27-29-20)17(23)7-15(12)18-8-24-21-22(28-18)30(19(32)9-25-21)10-13-2-4-14(31)5-3-13/h6-8,11,13-14,31H,2-5,9-10H2,1H3,(H,24,25)(H,26,27,29)/t13-,14-. The number of rotatable bonds is 4. The van der Waals surface area contributed by atoms with Crippen LogP contribution in [0, 0.1) is 18.7 Å². The van der Waals surface area contributed by atoms with Crippen LogP contribution in [0.5, 0.6) is 0 Å². The third-order valence-corrected chi connectivity index (χ3v) is 6.22. The number of aromatic amines is 1. The molecule has 3 aromatic rings. The first kappa shape index (κ1) is 20.5. The number of aryl methyl sites for hydroxylation is 1.